The predicted octanol–water partition coefficient (Wildman–Crippen LogP) is 4.21. The second-order valence-electron chi connectivity index (χ2n) is 7.10. The molecule has 0 atom stereocenters. The van der Waals surface area contributed by atoms with Crippen LogP contribution in [0.3, 0.4) is 0 Å². The summed E-state index contributed by atoms with van der Waals surface area (Å²) in [5.41, 5.74) is 8.19. The molecule has 0 bridgehead atoms. The van der Waals surface area contributed by atoms with Crippen molar-refractivity contribution < 1.29 is 9.53 Å². The van der Waals surface area contributed by atoms with E-state index in [0.29, 0.717) is 28.6 Å². The van der Waals surface area contributed by atoms with Gasteiger partial charge in [0, 0.05) is 31.7 Å². The first-order valence-corrected chi connectivity index (χ1v) is 10.0. The number of carbonyl (C=O) groups is 1. The van der Waals surface area contributed by atoms with Crippen LogP contribution in [-0.2, 0) is 0 Å². The van der Waals surface area contributed by atoms with E-state index in [1.54, 1.807) is 12.1 Å². The number of hydrogen-bond donors (Lipinski definition) is 2. The van der Waals surface area contributed by atoms with Crippen molar-refractivity contribution in [3.05, 3.63) is 46.5 Å². The molecule has 3 N–H and O–H groups in total. The Morgan fingerprint density at radius 3 is 2.71 bits per heavy atom. The molecule has 1 aromatic rings. The molecular formula is C21H29Cl2N3O2. The first-order chi connectivity index (χ1) is 13.1. The van der Waals surface area contributed by atoms with Gasteiger partial charge in [-0.1, -0.05) is 35.4 Å². The average molecular weight is 426 g/mol. The fourth-order valence-electron chi connectivity index (χ4n) is 3.59. The monoisotopic (exact) mass is 425 g/mol. The highest BCUT2D eigenvalue weighted by atomic mass is 35.5. The number of rotatable bonds is 6. The Balaban J connectivity index is 0.00000280. The largest absolute Gasteiger partial charge is 0.493 e. The van der Waals surface area contributed by atoms with Crippen LogP contribution in [-0.4, -0.2) is 43.1 Å². The van der Waals surface area contributed by atoms with Gasteiger partial charge in [0.05, 0.1) is 22.9 Å². The fraction of sp³-hybridized carbons (Fsp3) is 0.476. The van der Waals surface area contributed by atoms with Crippen LogP contribution in [0.1, 0.15) is 43.0 Å². The molecule has 0 spiro atoms. The molecular weight excluding hydrogens is 397 g/mol. The van der Waals surface area contributed by atoms with E-state index in [0.717, 1.165) is 45.3 Å². The number of piperidine rings is 1. The van der Waals surface area contributed by atoms with Gasteiger partial charge in [0.15, 0.2) is 0 Å². The summed E-state index contributed by atoms with van der Waals surface area (Å²) in [6, 6.07) is 3.38. The van der Waals surface area contributed by atoms with E-state index in [9.17, 15) is 4.79 Å². The van der Waals surface area contributed by atoms with Crippen molar-refractivity contribution in [3.63, 3.8) is 0 Å². The third kappa shape index (κ3) is 5.90. The van der Waals surface area contributed by atoms with Crippen LogP contribution < -0.4 is 15.8 Å². The zero-order chi connectivity index (χ0) is 19.2. The van der Waals surface area contributed by atoms with E-state index >= 15 is 0 Å². The van der Waals surface area contributed by atoms with E-state index in [-0.39, 0.29) is 24.4 Å². The third-order valence-corrected chi connectivity index (χ3v) is 5.41. The van der Waals surface area contributed by atoms with Gasteiger partial charge in [-0.25, -0.2) is 0 Å². The van der Waals surface area contributed by atoms with Crippen molar-refractivity contribution in [3.8, 4) is 5.75 Å². The molecule has 0 saturated carbocycles. The fourth-order valence-corrected chi connectivity index (χ4v) is 3.75. The van der Waals surface area contributed by atoms with Crippen LogP contribution in [0.25, 0.3) is 0 Å². The summed E-state index contributed by atoms with van der Waals surface area (Å²) in [6.07, 6.45) is 10.8. The van der Waals surface area contributed by atoms with Gasteiger partial charge in [-0.2, -0.15) is 0 Å². The molecule has 5 nitrogen and oxygen atoms in total. The molecule has 154 valence electrons. The Morgan fingerprint density at radius 1 is 1.32 bits per heavy atom. The number of hydrogen-bond acceptors (Lipinski definition) is 4. The van der Waals surface area contributed by atoms with Gasteiger partial charge in [0.25, 0.3) is 5.91 Å². The summed E-state index contributed by atoms with van der Waals surface area (Å²) in [5.74, 6) is 0.325. The maximum Gasteiger partial charge on any atom is 0.255 e. The van der Waals surface area contributed by atoms with Gasteiger partial charge in [0.1, 0.15) is 5.75 Å². The molecule has 1 saturated heterocycles. The summed E-state index contributed by atoms with van der Waals surface area (Å²) in [6.45, 7) is 5.36. The van der Waals surface area contributed by atoms with Crippen LogP contribution in [0, 0.1) is 0 Å². The van der Waals surface area contributed by atoms with Crippen molar-refractivity contribution in [1.82, 2.24) is 10.2 Å². The Morgan fingerprint density at radius 2 is 2.07 bits per heavy atom. The predicted molar refractivity (Wildman–Crippen MR) is 118 cm³/mol. The molecule has 0 radical (unpaired) electrons. The molecule has 7 heteroatoms. The number of nitrogens with one attached hydrogen (secondary N) is 1. The summed E-state index contributed by atoms with van der Waals surface area (Å²) in [4.78, 5) is 15.2. The molecule has 1 amide bonds. The number of allylic oxidation sites excluding steroid dienone is 3. The number of nitrogens with zero attached hydrogens (tertiary/aromatic N) is 1. The van der Waals surface area contributed by atoms with Crippen molar-refractivity contribution in [1.29, 1.82) is 0 Å². The number of benzene rings is 1. The van der Waals surface area contributed by atoms with E-state index < -0.39 is 0 Å². The van der Waals surface area contributed by atoms with Crippen molar-refractivity contribution in [2.45, 2.75) is 38.6 Å². The van der Waals surface area contributed by atoms with Gasteiger partial charge in [0.2, 0.25) is 0 Å². The van der Waals surface area contributed by atoms with Crippen LogP contribution >= 0.6 is 24.0 Å². The van der Waals surface area contributed by atoms with Crippen molar-refractivity contribution in [2.75, 3.05) is 32.0 Å². The minimum atomic E-state index is -0.154. The molecule has 3 rings (SSSR count). The molecule has 1 aromatic carbocycles. The number of ether oxygens (including phenoxy) is 1. The zero-order valence-electron chi connectivity index (χ0n) is 16.2. The quantitative estimate of drug-likeness (QED) is 0.528. The molecule has 0 aromatic heterocycles. The second-order valence-corrected chi connectivity index (χ2v) is 7.51. The number of halogens is 2. The lowest BCUT2D eigenvalue weighted by Crippen LogP contribution is -2.45. The number of anilines is 1. The Labute approximate surface area is 178 Å². The van der Waals surface area contributed by atoms with Gasteiger partial charge in [-0.3, -0.25) is 9.69 Å². The number of nitrogens with two attached hydrogens (primary N) is 1. The highest BCUT2D eigenvalue weighted by Crippen LogP contribution is 2.29. The van der Waals surface area contributed by atoms with Crippen molar-refractivity contribution >= 4 is 35.6 Å². The van der Waals surface area contributed by atoms with Crippen LogP contribution in [0.2, 0.25) is 5.02 Å². The van der Waals surface area contributed by atoms with Crippen LogP contribution in [0.5, 0.6) is 5.75 Å². The first-order valence-electron chi connectivity index (χ1n) is 9.64. The number of amides is 1. The highest BCUT2D eigenvalue weighted by molar-refractivity contribution is 6.33. The SMILES string of the molecule is CCOc1cc(N)c(Cl)cc1C(=O)NC1CCN(CC2=CCC=CC2)CC1.Cl. The van der Waals surface area contributed by atoms with E-state index in [2.05, 4.69) is 28.4 Å². The van der Waals surface area contributed by atoms with E-state index in [4.69, 9.17) is 22.1 Å². The number of carbonyl (C=O) groups excluding carboxylic acids is 1. The summed E-state index contributed by atoms with van der Waals surface area (Å²) in [7, 11) is 0. The molecule has 28 heavy (non-hydrogen) atoms. The minimum absolute atomic E-state index is 0. The van der Waals surface area contributed by atoms with Crippen LogP contribution in [0.15, 0.2) is 35.9 Å². The summed E-state index contributed by atoms with van der Waals surface area (Å²) >= 11 is 6.11. The smallest absolute Gasteiger partial charge is 0.255 e. The zero-order valence-corrected chi connectivity index (χ0v) is 17.8. The van der Waals surface area contributed by atoms with E-state index in [1.807, 2.05) is 6.92 Å². The third-order valence-electron chi connectivity index (χ3n) is 5.08. The highest BCUT2D eigenvalue weighted by Gasteiger charge is 2.23. The lowest BCUT2D eigenvalue weighted by atomic mass is 10.0. The summed E-state index contributed by atoms with van der Waals surface area (Å²) < 4.78 is 5.57. The molecule has 1 aliphatic heterocycles. The Kier molecular flexibility index (Phi) is 8.67. The first kappa shape index (κ1) is 22.6. The standard InChI is InChI=1S/C21H28ClN3O2.ClH/c1-2-27-20-13-19(23)18(22)12-17(20)21(26)24-16-8-10-25(11-9-16)14-15-6-4-3-5-7-15;/h3-4,7,12-13,16H,2,5-6,8-11,14,23H2,1H3,(H,24,26);1H. The van der Waals surface area contributed by atoms with Gasteiger partial charge >= 0.3 is 0 Å². The number of nitrogen functional groups attached to an aromatic ring is 1. The normalized spacial score (nSPS) is 17.6. The Bertz CT molecular complexity index is 741. The lowest BCUT2D eigenvalue weighted by molar-refractivity contribution is 0.0909. The molecule has 2 aliphatic rings. The molecule has 1 aliphatic carbocycles. The number of likely N-dealkylation sites (tertiary alicyclic amines) is 1. The second kappa shape index (κ2) is 10.7. The molecule has 0 unspecified atom stereocenters. The summed E-state index contributed by atoms with van der Waals surface area (Å²) in [5, 5.41) is 3.50. The molecule has 1 fully saturated rings. The van der Waals surface area contributed by atoms with E-state index in [1.165, 1.54) is 5.57 Å². The topological polar surface area (TPSA) is 67.6 Å². The van der Waals surface area contributed by atoms with Gasteiger partial charge < -0.3 is 15.8 Å². The van der Waals surface area contributed by atoms with Crippen LogP contribution in [0.4, 0.5) is 5.69 Å². The van der Waals surface area contributed by atoms with Crippen molar-refractivity contribution in [2.24, 2.45) is 0 Å². The van der Waals surface area contributed by atoms with Gasteiger partial charge in [-0.15, -0.1) is 12.4 Å². The maximum absolute atomic E-state index is 12.7. The average Bonchev–Trinajstić information content (AvgIpc) is 2.67. The van der Waals surface area contributed by atoms with Gasteiger partial charge in [-0.05, 0) is 38.7 Å². The lowest BCUT2D eigenvalue weighted by Gasteiger charge is -2.33. The maximum atomic E-state index is 12.7. The molecule has 1 heterocycles. The Hall–Kier alpha value is -1.69. The minimum Gasteiger partial charge on any atom is -0.493 e.